The molecule has 22 heavy (non-hydrogen) atoms. The van der Waals surface area contributed by atoms with Gasteiger partial charge < -0.3 is 10.1 Å². The highest BCUT2D eigenvalue weighted by atomic mass is 35.5. The summed E-state index contributed by atoms with van der Waals surface area (Å²) in [7, 11) is 0. The Hall–Kier alpha value is -1.49. The molecule has 2 aromatic rings. The molecule has 0 spiro atoms. The average Bonchev–Trinajstić information content (AvgIpc) is 2.41. The Morgan fingerprint density at radius 1 is 1.18 bits per heavy atom. The van der Waals surface area contributed by atoms with E-state index >= 15 is 0 Å². The van der Waals surface area contributed by atoms with Crippen LogP contribution in [0, 0.1) is 12.7 Å². The van der Waals surface area contributed by atoms with Crippen molar-refractivity contribution in [2.24, 2.45) is 0 Å². The Morgan fingerprint density at radius 2 is 1.82 bits per heavy atom. The summed E-state index contributed by atoms with van der Waals surface area (Å²) in [5, 5.41) is 3.32. The minimum Gasteiger partial charge on any atom is -0.481 e. The molecule has 116 valence electrons. The van der Waals surface area contributed by atoms with Crippen LogP contribution in [0.4, 0.5) is 10.1 Å². The second-order valence-corrected chi connectivity index (χ2v) is 5.75. The number of nitrogens with one attached hydrogen (secondary N) is 1. The van der Waals surface area contributed by atoms with Crippen molar-refractivity contribution < 1.29 is 13.9 Å². The van der Waals surface area contributed by atoms with E-state index in [1.807, 2.05) is 0 Å². The van der Waals surface area contributed by atoms with Gasteiger partial charge in [0.2, 0.25) is 0 Å². The van der Waals surface area contributed by atoms with Crippen LogP contribution in [0.5, 0.6) is 5.75 Å². The summed E-state index contributed by atoms with van der Waals surface area (Å²) in [4.78, 5) is 11.9. The number of hydrogen-bond acceptors (Lipinski definition) is 2. The summed E-state index contributed by atoms with van der Waals surface area (Å²) in [5.41, 5.74) is 1.11. The largest absolute Gasteiger partial charge is 0.481 e. The third-order valence-corrected chi connectivity index (χ3v) is 3.56. The molecular formula is C15H11Cl3FNO2. The number of hydrogen-bond donors (Lipinski definition) is 1. The maximum Gasteiger partial charge on any atom is 0.262 e. The van der Waals surface area contributed by atoms with E-state index in [0.29, 0.717) is 10.7 Å². The summed E-state index contributed by atoms with van der Waals surface area (Å²) in [6, 6.07) is 7.03. The van der Waals surface area contributed by atoms with Crippen LogP contribution >= 0.6 is 34.8 Å². The van der Waals surface area contributed by atoms with Gasteiger partial charge in [0.05, 0.1) is 10.0 Å². The van der Waals surface area contributed by atoms with E-state index in [4.69, 9.17) is 39.5 Å². The number of rotatable bonds is 4. The fourth-order valence-electron chi connectivity index (χ4n) is 1.72. The predicted octanol–water partition coefficient (Wildman–Crippen LogP) is 5.11. The van der Waals surface area contributed by atoms with Gasteiger partial charge in [-0.3, -0.25) is 4.79 Å². The zero-order valence-electron chi connectivity index (χ0n) is 11.4. The van der Waals surface area contributed by atoms with Gasteiger partial charge in [0.25, 0.3) is 5.91 Å². The lowest BCUT2D eigenvalue weighted by atomic mass is 10.2. The van der Waals surface area contributed by atoms with Gasteiger partial charge in [0, 0.05) is 10.7 Å². The topological polar surface area (TPSA) is 38.3 Å². The fourth-order valence-corrected chi connectivity index (χ4v) is 2.65. The molecule has 1 N–H and O–H groups in total. The van der Waals surface area contributed by atoms with Gasteiger partial charge in [0.15, 0.2) is 12.4 Å². The zero-order chi connectivity index (χ0) is 16.3. The summed E-state index contributed by atoms with van der Waals surface area (Å²) in [5.74, 6) is -0.736. The van der Waals surface area contributed by atoms with Crippen LogP contribution in [0.1, 0.15) is 5.56 Å². The minimum atomic E-state index is -0.462. The molecule has 0 heterocycles. The van der Waals surface area contributed by atoms with Gasteiger partial charge in [-0.25, -0.2) is 4.39 Å². The predicted molar refractivity (Wildman–Crippen MR) is 86.7 cm³/mol. The smallest absolute Gasteiger partial charge is 0.262 e. The Kier molecular flexibility index (Phi) is 5.51. The molecule has 3 nitrogen and oxygen atoms in total. The van der Waals surface area contributed by atoms with E-state index in [2.05, 4.69) is 5.32 Å². The number of benzene rings is 2. The molecular weight excluding hydrogens is 352 g/mol. The standard InChI is InChI=1S/C15H11Cl3FNO2/c1-8-2-3-10(19)6-13(8)20-14(21)7-22-15-11(17)4-9(16)5-12(15)18/h2-6H,7H2,1H3,(H,20,21). The first-order valence-corrected chi connectivity index (χ1v) is 7.33. The summed E-state index contributed by atoms with van der Waals surface area (Å²) < 4.78 is 18.5. The van der Waals surface area contributed by atoms with Crippen molar-refractivity contribution in [1.29, 1.82) is 0 Å². The van der Waals surface area contributed by atoms with Crippen LogP contribution in [-0.4, -0.2) is 12.5 Å². The highest BCUT2D eigenvalue weighted by molar-refractivity contribution is 6.40. The molecule has 2 aromatic carbocycles. The van der Waals surface area contributed by atoms with E-state index in [-0.39, 0.29) is 22.4 Å². The normalized spacial score (nSPS) is 10.4. The van der Waals surface area contributed by atoms with E-state index < -0.39 is 11.7 Å². The average molecular weight is 363 g/mol. The molecule has 7 heteroatoms. The molecule has 0 saturated carbocycles. The molecule has 1 amide bonds. The van der Waals surface area contributed by atoms with Crippen LogP contribution in [0.3, 0.4) is 0 Å². The monoisotopic (exact) mass is 361 g/mol. The van der Waals surface area contributed by atoms with E-state index in [1.54, 1.807) is 13.0 Å². The van der Waals surface area contributed by atoms with Crippen molar-refractivity contribution in [2.75, 3.05) is 11.9 Å². The molecule has 0 bridgehead atoms. The van der Waals surface area contributed by atoms with Crippen molar-refractivity contribution in [1.82, 2.24) is 0 Å². The van der Waals surface area contributed by atoms with Crippen LogP contribution in [0.15, 0.2) is 30.3 Å². The van der Waals surface area contributed by atoms with Gasteiger partial charge in [-0.1, -0.05) is 40.9 Å². The van der Waals surface area contributed by atoms with Gasteiger partial charge in [-0.05, 0) is 36.8 Å². The van der Waals surface area contributed by atoms with Crippen molar-refractivity contribution in [3.05, 3.63) is 56.8 Å². The molecule has 0 unspecified atom stereocenters. The number of halogens is 4. The van der Waals surface area contributed by atoms with Crippen molar-refractivity contribution >= 4 is 46.4 Å². The molecule has 0 atom stereocenters. The maximum atomic E-state index is 13.2. The fraction of sp³-hybridized carbons (Fsp3) is 0.133. The number of anilines is 1. The number of carbonyl (C=O) groups excluding carboxylic acids is 1. The highest BCUT2D eigenvalue weighted by Gasteiger charge is 2.12. The molecule has 0 saturated heterocycles. The van der Waals surface area contributed by atoms with Crippen molar-refractivity contribution in [2.45, 2.75) is 6.92 Å². The quantitative estimate of drug-likeness (QED) is 0.820. The maximum absolute atomic E-state index is 13.2. The Labute approximate surface area is 141 Å². The summed E-state index contributed by atoms with van der Waals surface area (Å²) in [6.45, 7) is 1.43. The lowest BCUT2D eigenvalue weighted by Gasteiger charge is -2.12. The lowest BCUT2D eigenvalue weighted by molar-refractivity contribution is -0.118. The van der Waals surface area contributed by atoms with Gasteiger partial charge in [0.1, 0.15) is 5.82 Å². The minimum absolute atomic E-state index is 0.166. The third-order valence-electron chi connectivity index (χ3n) is 2.78. The van der Waals surface area contributed by atoms with Crippen molar-refractivity contribution in [3.63, 3.8) is 0 Å². The molecule has 0 aromatic heterocycles. The van der Waals surface area contributed by atoms with E-state index in [1.165, 1.54) is 24.3 Å². The summed E-state index contributed by atoms with van der Waals surface area (Å²) >= 11 is 17.7. The van der Waals surface area contributed by atoms with Crippen LogP contribution < -0.4 is 10.1 Å². The zero-order valence-corrected chi connectivity index (χ0v) is 13.7. The second-order valence-electron chi connectivity index (χ2n) is 4.49. The Bertz CT molecular complexity index is 699. The number of carbonyl (C=O) groups is 1. The Balaban J connectivity index is 2.03. The van der Waals surface area contributed by atoms with Crippen LogP contribution in [0.25, 0.3) is 0 Å². The van der Waals surface area contributed by atoms with Crippen LogP contribution in [-0.2, 0) is 4.79 Å². The molecule has 0 aliphatic carbocycles. The second kappa shape index (κ2) is 7.18. The summed E-state index contributed by atoms with van der Waals surface area (Å²) in [6.07, 6.45) is 0. The third kappa shape index (κ3) is 4.26. The first-order valence-electron chi connectivity index (χ1n) is 6.20. The first kappa shape index (κ1) is 16.9. The molecule has 2 rings (SSSR count). The first-order chi connectivity index (χ1) is 10.4. The van der Waals surface area contributed by atoms with Gasteiger partial charge in [-0.15, -0.1) is 0 Å². The lowest BCUT2D eigenvalue weighted by Crippen LogP contribution is -2.21. The molecule has 0 fully saturated rings. The number of ether oxygens (including phenoxy) is 1. The Morgan fingerprint density at radius 3 is 2.45 bits per heavy atom. The van der Waals surface area contributed by atoms with E-state index in [0.717, 1.165) is 5.56 Å². The molecule has 0 radical (unpaired) electrons. The highest BCUT2D eigenvalue weighted by Crippen LogP contribution is 2.35. The van der Waals surface area contributed by atoms with Gasteiger partial charge in [-0.2, -0.15) is 0 Å². The SMILES string of the molecule is Cc1ccc(F)cc1NC(=O)COc1c(Cl)cc(Cl)cc1Cl. The number of aryl methyl sites for hydroxylation is 1. The van der Waals surface area contributed by atoms with Gasteiger partial charge >= 0.3 is 0 Å². The van der Waals surface area contributed by atoms with Crippen molar-refractivity contribution in [3.8, 4) is 5.75 Å². The van der Waals surface area contributed by atoms with Crippen LogP contribution in [0.2, 0.25) is 15.1 Å². The number of amides is 1. The van der Waals surface area contributed by atoms with E-state index in [9.17, 15) is 9.18 Å². The molecule has 0 aliphatic rings. The molecule has 0 aliphatic heterocycles.